The van der Waals surface area contributed by atoms with Crippen LogP contribution in [-0.4, -0.2) is 40.5 Å². The van der Waals surface area contributed by atoms with Crippen molar-refractivity contribution in [3.05, 3.63) is 41.7 Å². The highest BCUT2D eigenvalue weighted by molar-refractivity contribution is 5.88. The molecule has 0 aliphatic heterocycles. The van der Waals surface area contributed by atoms with Crippen molar-refractivity contribution in [3.63, 3.8) is 0 Å². The van der Waals surface area contributed by atoms with Crippen LogP contribution >= 0.6 is 0 Å². The number of hydrogen-bond acceptors (Lipinski definition) is 8. The first kappa shape index (κ1) is 19.2. The molecule has 2 rings (SSSR count). The lowest BCUT2D eigenvalue weighted by Gasteiger charge is -2.17. The maximum Gasteiger partial charge on any atom is 0.203 e. The van der Waals surface area contributed by atoms with Gasteiger partial charge in [-0.2, -0.15) is 0 Å². The molecule has 0 fully saturated rings. The van der Waals surface area contributed by atoms with Gasteiger partial charge in [0.15, 0.2) is 11.5 Å². The quantitative estimate of drug-likeness (QED) is 0.611. The molecule has 1 heterocycles. The maximum atomic E-state index is 6.42. The topological polar surface area (TPSA) is 99.9 Å². The standard InChI is InChI=1S/C18H24N4O4/c1-20-22-17(13-7-6-12(23-2)10-21-13)16(19)11-8-14(24-3)18(26-5)15(9-11)25-4/h6-10,20,22H,19H2,1-5H3/b17-16-. The lowest BCUT2D eigenvalue weighted by atomic mass is 10.1. The Kier molecular flexibility index (Phi) is 6.51. The summed E-state index contributed by atoms with van der Waals surface area (Å²) in [6, 6.07) is 7.17. The number of hydrogen-bond donors (Lipinski definition) is 3. The third-order valence-electron chi connectivity index (χ3n) is 3.72. The number of hydrazine groups is 1. The van der Waals surface area contributed by atoms with E-state index in [-0.39, 0.29) is 0 Å². The molecule has 8 nitrogen and oxygen atoms in total. The van der Waals surface area contributed by atoms with Crippen molar-refractivity contribution in [2.24, 2.45) is 5.73 Å². The van der Waals surface area contributed by atoms with Gasteiger partial charge in [-0.15, -0.1) is 0 Å². The SMILES string of the molecule is CNN/C(=C(\N)c1cc(OC)c(OC)c(OC)c1)c1ccc(OC)cn1. The summed E-state index contributed by atoms with van der Waals surface area (Å²) in [6.45, 7) is 0. The van der Waals surface area contributed by atoms with E-state index in [4.69, 9.17) is 24.7 Å². The van der Waals surface area contributed by atoms with Gasteiger partial charge in [0.2, 0.25) is 5.75 Å². The monoisotopic (exact) mass is 360 g/mol. The Hall–Kier alpha value is -3.13. The van der Waals surface area contributed by atoms with Crippen molar-refractivity contribution in [3.8, 4) is 23.0 Å². The number of ether oxygens (including phenoxy) is 4. The van der Waals surface area contributed by atoms with Crippen molar-refractivity contribution < 1.29 is 18.9 Å². The number of nitrogens with zero attached hydrogens (tertiary/aromatic N) is 1. The van der Waals surface area contributed by atoms with E-state index in [0.717, 1.165) is 0 Å². The number of rotatable bonds is 8. The van der Waals surface area contributed by atoms with Crippen molar-refractivity contribution in [1.29, 1.82) is 0 Å². The van der Waals surface area contributed by atoms with Crippen LogP contribution in [0.25, 0.3) is 11.4 Å². The minimum atomic E-state index is 0.455. The number of nitrogens with two attached hydrogens (primary N) is 1. The zero-order valence-corrected chi connectivity index (χ0v) is 15.5. The average molecular weight is 360 g/mol. The Morgan fingerprint density at radius 3 is 2.04 bits per heavy atom. The Morgan fingerprint density at radius 1 is 0.962 bits per heavy atom. The number of methoxy groups -OCH3 is 4. The first-order chi connectivity index (χ1) is 12.6. The van der Waals surface area contributed by atoms with Gasteiger partial charge in [-0.05, 0) is 24.3 Å². The third-order valence-corrected chi connectivity index (χ3v) is 3.72. The molecule has 0 unspecified atom stereocenters. The Balaban J connectivity index is 2.60. The second kappa shape index (κ2) is 8.82. The molecule has 0 atom stereocenters. The molecule has 0 bridgehead atoms. The second-order valence-electron chi connectivity index (χ2n) is 5.16. The fourth-order valence-electron chi connectivity index (χ4n) is 2.42. The minimum absolute atomic E-state index is 0.455. The van der Waals surface area contributed by atoms with Crippen molar-refractivity contribution >= 4 is 11.4 Å². The highest BCUT2D eigenvalue weighted by atomic mass is 16.5. The summed E-state index contributed by atoms with van der Waals surface area (Å²) in [5, 5.41) is 0. The van der Waals surface area contributed by atoms with E-state index in [1.807, 2.05) is 12.1 Å². The molecule has 140 valence electrons. The van der Waals surface area contributed by atoms with E-state index in [1.165, 1.54) is 0 Å². The van der Waals surface area contributed by atoms with Crippen LogP contribution in [0, 0.1) is 0 Å². The molecule has 1 aromatic heterocycles. The summed E-state index contributed by atoms with van der Waals surface area (Å²) >= 11 is 0. The fourth-order valence-corrected chi connectivity index (χ4v) is 2.42. The predicted octanol–water partition coefficient (Wildman–Crippen LogP) is 1.62. The Bertz CT molecular complexity index is 750. The zero-order chi connectivity index (χ0) is 19.1. The van der Waals surface area contributed by atoms with Crippen LogP contribution in [-0.2, 0) is 0 Å². The predicted molar refractivity (Wildman–Crippen MR) is 100 cm³/mol. The van der Waals surface area contributed by atoms with Crippen LogP contribution in [0.1, 0.15) is 11.3 Å². The van der Waals surface area contributed by atoms with Gasteiger partial charge in [-0.25, -0.2) is 5.43 Å². The van der Waals surface area contributed by atoms with Gasteiger partial charge < -0.3 is 30.1 Å². The van der Waals surface area contributed by atoms with Crippen LogP contribution in [0.3, 0.4) is 0 Å². The molecule has 8 heteroatoms. The van der Waals surface area contributed by atoms with Gasteiger partial charge in [-0.3, -0.25) is 4.98 Å². The molecular weight excluding hydrogens is 336 g/mol. The summed E-state index contributed by atoms with van der Waals surface area (Å²) in [5.74, 6) is 2.17. The van der Waals surface area contributed by atoms with Crippen LogP contribution in [0.2, 0.25) is 0 Å². The van der Waals surface area contributed by atoms with Crippen molar-refractivity contribution in [2.75, 3.05) is 35.5 Å². The van der Waals surface area contributed by atoms with Crippen molar-refractivity contribution in [1.82, 2.24) is 15.8 Å². The van der Waals surface area contributed by atoms with E-state index in [0.29, 0.717) is 45.6 Å². The van der Waals surface area contributed by atoms with E-state index >= 15 is 0 Å². The third kappa shape index (κ3) is 3.92. The summed E-state index contributed by atoms with van der Waals surface area (Å²) in [7, 11) is 7.99. The molecule has 2 aromatic rings. The van der Waals surface area contributed by atoms with Gasteiger partial charge in [0.1, 0.15) is 5.75 Å². The van der Waals surface area contributed by atoms with E-state index < -0.39 is 0 Å². The molecule has 0 aliphatic rings. The lowest BCUT2D eigenvalue weighted by Crippen LogP contribution is -2.28. The molecule has 0 saturated heterocycles. The van der Waals surface area contributed by atoms with Crippen LogP contribution < -0.4 is 35.5 Å². The van der Waals surface area contributed by atoms with Crippen LogP contribution in [0.15, 0.2) is 30.5 Å². The Morgan fingerprint density at radius 2 is 1.62 bits per heavy atom. The molecule has 0 amide bonds. The Labute approximate surface area is 152 Å². The molecule has 0 aliphatic carbocycles. The van der Waals surface area contributed by atoms with Gasteiger partial charge in [0, 0.05) is 12.6 Å². The smallest absolute Gasteiger partial charge is 0.203 e. The lowest BCUT2D eigenvalue weighted by molar-refractivity contribution is 0.324. The fraction of sp³-hybridized carbons (Fsp3) is 0.278. The minimum Gasteiger partial charge on any atom is -0.495 e. The van der Waals surface area contributed by atoms with Gasteiger partial charge in [-0.1, -0.05) is 0 Å². The largest absolute Gasteiger partial charge is 0.495 e. The van der Waals surface area contributed by atoms with Crippen LogP contribution in [0.5, 0.6) is 23.0 Å². The normalized spacial score (nSPS) is 11.4. The summed E-state index contributed by atoms with van der Waals surface area (Å²) in [4.78, 5) is 4.38. The zero-order valence-electron chi connectivity index (χ0n) is 15.5. The van der Waals surface area contributed by atoms with Crippen molar-refractivity contribution in [2.45, 2.75) is 0 Å². The summed E-state index contributed by atoms with van der Waals surface area (Å²) in [5.41, 5.74) is 14.7. The molecule has 26 heavy (non-hydrogen) atoms. The average Bonchev–Trinajstić information content (AvgIpc) is 2.70. The van der Waals surface area contributed by atoms with Gasteiger partial charge >= 0.3 is 0 Å². The summed E-state index contributed by atoms with van der Waals surface area (Å²) < 4.78 is 21.3. The molecule has 0 radical (unpaired) electrons. The highest BCUT2D eigenvalue weighted by Crippen LogP contribution is 2.39. The van der Waals surface area contributed by atoms with E-state index in [1.54, 1.807) is 53.8 Å². The number of pyridine rings is 1. The van der Waals surface area contributed by atoms with E-state index in [9.17, 15) is 0 Å². The first-order valence-corrected chi connectivity index (χ1v) is 7.82. The molecule has 0 saturated carbocycles. The number of benzene rings is 1. The molecular formula is C18H24N4O4. The highest BCUT2D eigenvalue weighted by Gasteiger charge is 2.17. The van der Waals surface area contributed by atoms with Gasteiger partial charge in [0.25, 0.3) is 0 Å². The van der Waals surface area contributed by atoms with E-state index in [2.05, 4.69) is 15.8 Å². The molecule has 0 spiro atoms. The number of aromatic nitrogens is 1. The first-order valence-electron chi connectivity index (χ1n) is 7.82. The molecule has 4 N–H and O–H groups in total. The maximum absolute atomic E-state index is 6.42. The van der Waals surface area contributed by atoms with Crippen LogP contribution in [0.4, 0.5) is 0 Å². The summed E-state index contributed by atoms with van der Waals surface area (Å²) in [6.07, 6.45) is 1.62. The second-order valence-corrected chi connectivity index (χ2v) is 5.16. The molecule has 1 aromatic carbocycles. The van der Waals surface area contributed by atoms with Gasteiger partial charge in [0.05, 0.1) is 51.7 Å². The number of nitrogens with one attached hydrogen (secondary N) is 2.